The standard InChI is InChI=1S/C15H19ClN4O3/c16-10-3-5-11(6-4-10)19-15(23)18-8-7-13(21)20-9-1-2-12(20)14(17)22/h3-6,12H,1-2,7-9H2,(H2,17,22)(H2,18,19,23). The number of hydrogen-bond acceptors (Lipinski definition) is 3. The van der Waals surface area contributed by atoms with Crippen LogP contribution in [0.5, 0.6) is 0 Å². The summed E-state index contributed by atoms with van der Waals surface area (Å²) in [5.41, 5.74) is 5.88. The second kappa shape index (κ2) is 7.82. The minimum absolute atomic E-state index is 0.123. The van der Waals surface area contributed by atoms with Gasteiger partial charge in [-0.25, -0.2) is 4.79 Å². The molecule has 1 fully saturated rings. The molecule has 1 heterocycles. The number of nitrogens with one attached hydrogen (secondary N) is 2. The number of nitrogens with two attached hydrogens (primary N) is 1. The minimum atomic E-state index is -0.523. The van der Waals surface area contributed by atoms with E-state index in [1.54, 1.807) is 24.3 Å². The van der Waals surface area contributed by atoms with Gasteiger partial charge in [-0.3, -0.25) is 9.59 Å². The lowest BCUT2D eigenvalue weighted by molar-refractivity contribution is -0.137. The maximum Gasteiger partial charge on any atom is 0.319 e. The van der Waals surface area contributed by atoms with Gasteiger partial charge < -0.3 is 21.3 Å². The minimum Gasteiger partial charge on any atom is -0.368 e. The van der Waals surface area contributed by atoms with E-state index < -0.39 is 18.0 Å². The van der Waals surface area contributed by atoms with Gasteiger partial charge >= 0.3 is 6.03 Å². The Morgan fingerprint density at radius 3 is 2.61 bits per heavy atom. The summed E-state index contributed by atoms with van der Waals surface area (Å²) in [7, 11) is 0. The lowest BCUT2D eigenvalue weighted by Gasteiger charge is -2.22. The van der Waals surface area contributed by atoms with E-state index >= 15 is 0 Å². The van der Waals surface area contributed by atoms with Crippen molar-refractivity contribution in [1.29, 1.82) is 0 Å². The number of amides is 4. The summed E-state index contributed by atoms with van der Waals surface area (Å²) >= 11 is 5.76. The lowest BCUT2D eigenvalue weighted by atomic mass is 10.2. The molecule has 1 aromatic rings. The summed E-state index contributed by atoms with van der Waals surface area (Å²) < 4.78 is 0. The Labute approximate surface area is 139 Å². The Balaban J connectivity index is 1.73. The fourth-order valence-corrected chi connectivity index (χ4v) is 2.62. The summed E-state index contributed by atoms with van der Waals surface area (Å²) in [4.78, 5) is 36.5. The van der Waals surface area contributed by atoms with Crippen molar-refractivity contribution in [3.8, 4) is 0 Å². The summed E-state index contributed by atoms with van der Waals surface area (Å²) in [6, 6.07) is 5.75. The number of carbonyl (C=O) groups excluding carboxylic acids is 3. The lowest BCUT2D eigenvalue weighted by Crippen LogP contribution is -2.44. The molecule has 0 bridgehead atoms. The van der Waals surface area contributed by atoms with Crippen LogP contribution in [0.25, 0.3) is 0 Å². The molecule has 1 unspecified atom stereocenters. The second-order valence-electron chi connectivity index (χ2n) is 5.29. The van der Waals surface area contributed by atoms with Crippen LogP contribution >= 0.6 is 11.6 Å². The van der Waals surface area contributed by atoms with Crippen molar-refractivity contribution in [3.05, 3.63) is 29.3 Å². The molecule has 23 heavy (non-hydrogen) atoms. The normalized spacial score (nSPS) is 16.9. The van der Waals surface area contributed by atoms with Crippen molar-refractivity contribution >= 4 is 35.1 Å². The van der Waals surface area contributed by atoms with E-state index in [9.17, 15) is 14.4 Å². The van der Waals surface area contributed by atoms with Crippen LogP contribution in [-0.2, 0) is 9.59 Å². The van der Waals surface area contributed by atoms with Crippen molar-refractivity contribution in [1.82, 2.24) is 10.2 Å². The van der Waals surface area contributed by atoms with E-state index in [0.717, 1.165) is 6.42 Å². The van der Waals surface area contributed by atoms with Gasteiger partial charge in [0.05, 0.1) is 0 Å². The molecule has 1 aliphatic rings. The van der Waals surface area contributed by atoms with E-state index in [4.69, 9.17) is 17.3 Å². The van der Waals surface area contributed by atoms with Crippen LogP contribution in [0.1, 0.15) is 19.3 Å². The molecule has 124 valence electrons. The van der Waals surface area contributed by atoms with Gasteiger partial charge in [0.25, 0.3) is 0 Å². The number of urea groups is 1. The average molecular weight is 339 g/mol. The van der Waals surface area contributed by atoms with Crippen molar-refractivity contribution in [2.75, 3.05) is 18.4 Å². The third kappa shape index (κ3) is 4.85. The molecule has 1 aromatic carbocycles. The van der Waals surface area contributed by atoms with Crippen LogP contribution in [0.3, 0.4) is 0 Å². The second-order valence-corrected chi connectivity index (χ2v) is 5.72. The summed E-state index contributed by atoms with van der Waals surface area (Å²) in [6.45, 7) is 0.712. The van der Waals surface area contributed by atoms with Gasteiger partial charge in [0, 0.05) is 30.2 Å². The Morgan fingerprint density at radius 1 is 1.26 bits per heavy atom. The first kappa shape index (κ1) is 17.1. The van der Waals surface area contributed by atoms with Gasteiger partial charge in [-0.05, 0) is 37.1 Å². The number of rotatable bonds is 5. The number of benzene rings is 1. The van der Waals surface area contributed by atoms with E-state index in [2.05, 4.69) is 10.6 Å². The quantitative estimate of drug-likeness (QED) is 0.754. The van der Waals surface area contributed by atoms with E-state index in [1.807, 2.05) is 0 Å². The fraction of sp³-hybridized carbons (Fsp3) is 0.400. The van der Waals surface area contributed by atoms with E-state index in [-0.39, 0.29) is 18.9 Å². The third-order valence-electron chi connectivity index (χ3n) is 3.63. The molecule has 1 aliphatic heterocycles. The van der Waals surface area contributed by atoms with Gasteiger partial charge in [-0.1, -0.05) is 11.6 Å². The van der Waals surface area contributed by atoms with Crippen LogP contribution in [0.4, 0.5) is 10.5 Å². The van der Waals surface area contributed by atoms with Crippen LogP contribution in [-0.4, -0.2) is 41.9 Å². The molecule has 0 spiro atoms. The molecule has 0 aromatic heterocycles. The van der Waals surface area contributed by atoms with Gasteiger partial charge in [0.1, 0.15) is 6.04 Å². The highest BCUT2D eigenvalue weighted by Crippen LogP contribution is 2.17. The van der Waals surface area contributed by atoms with E-state index in [1.165, 1.54) is 4.90 Å². The van der Waals surface area contributed by atoms with Gasteiger partial charge in [-0.2, -0.15) is 0 Å². The molecule has 0 aliphatic carbocycles. The summed E-state index contributed by atoms with van der Waals surface area (Å²) in [5, 5.41) is 5.81. The zero-order chi connectivity index (χ0) is 16.8. The SMILES string of the molecule is NC(=O)C1CCCN1C(=O)CCNC(=O)Nc1ccc(Cl)cc1. The molecule has 4 amide bonds. The van der Waals surface area contributed by atoms with Gasteiger partial charge in [0.2, 0.25) is 11.8 Å². The van der Waals surface area contributed by atoms with Gasteiger partial charge in [-0.15, -0.1) is 0 Å². The molecule has 8 heteroatoms. The molecular weight excluding hydrogens is 320 g/mol. The first-order valence-corrected chi connectivity index (χ1v) is 7.74. The number of likely N-dealkylation sites (tertiary alicyclic amines) is 1. The number of nitrogens with zero attached hydrogens (tertiary/aromatic N) is 1. The molecule has 4 N–H and O–H groups in total. The Bertz CT molecular complexity index is 591. The summed E-state index contributed by atoms with van der Waals surface area (Å²) in [6.07, 6.45) is 1.49. The molecule has 0 radical (unpaired) electrons. The third-order valence-corrected chi connectivity index (χ3v) is 3.88. The highest BCUT2D eigenvalue weighted by Gasteiger charge is 2.32. The number of hydrogen-bond donors (Lipinski definition) is 3. The maximum absolute atomic E-state index is 12.1. The first-order valence-electron chi connectivity index (χ1n) is 7.36. The van der Waals surface area contributed by atoms with Crippen molar-refractivity contribution < 1.29 is 14.4 Å². The highest BCUT2D eigenvalue weighted by molar-refractivity contribution is 6.30. The zero-order valence-electron chi connectivity index (χ0n) is 12.5. The zero-order valence-corrected chi connectivity index (χ0v) is 13.3. The molecule has 2 rings (SSSR count). The topological polar surface area (TPSA) is 105 Å². The van der Waals surface area contributed by atoms with Crippen LogP contribution in [0, 0.1) is 0 Å². The van der Waals surface area contributed by atoms with Crippen molar-refractivity contribution in [2.45, 2.75) is 25.3 Å². The van der Waals surface area contributed by atoms with Crippen LogP contribution < -0.4 is 16.4 Å². The Morgan fingerprint density at radius 2 is 1.96 bits per heavy atom. The molecule has 1 saturated heterocycles. The largest absolute Gasteiger partial charge is 0.368 e. The van der Waals surface area contributed by atoms with E-state index in [0.29, 0.717) is 23.7 Å². The average Bonchev–Trinajstić information content (AvgIpc) is 2.99. The number of anilines is 1. The number of halogens is 1. The molecule has 0 saturated carbocycles. The summed E-state index contributed by atoms with van der Waals surface area (Å²) in [5.74, 6) is -0.664. The van der Waals surface area contributed by atoms with Crippen LogP contribution in [0.2, 0.25) is 5.02 Å². The predicted octanol–water partition coefficient (Wildman–Crippen LogP) is 1.33. The first-order chi connectivity index (χ1) is 11.0. The molecular formula is C15H19ClN4O3. The van der Waals surface area contributed by atoms with Crippen molar-refractivity contribution in [2.24, 2.45) is 5.73 Å². The predicted molar refractivity (Wildman–Crippen MR) is 87.0 cm³/mol. The monoisotopic (exact) mass is 338 g/mol. The highest BCUT2D eigenvalue weighted by atomic mass is 35.5. The van der Waals surface area contributed by atoms with Crippen LogP contribution in [0.15, 0.2) is 24.3 Å². The van der Waals surface area contributed by atoms with Crippen molar-refractivity contribution in [3.63, 3.8) is 0 Å². The Kier molecular flexibility index (Phi) is 5.81. The number of carbonyl (C=O) groups is 3. The molecule has 7 nitrogen and oxygen atoms in total. The number of primary amides is 1. The molecule has 1 atom stereocenters. The Hall–Kier alpha value is -2.28. The smallest absolute Gasteiger partial charge is 0.319 e. The maximum atomic E-state index is 12.1. The fourth-order valence-electron chi connectivity index (χ4n) is 2.50. The van der Waals surface area contributed by atoms with Gasteiger partial charge in [0.15, 0.2) is 0 Å².